The molecular formula is C38H44N4O4. The Morgan fingerprint density at radius 2 is 1.09 bits per heavy atom. The van der Waals surface area contributed by atoms with Crippen molar-refractivity contribution in [2.75, 3.05) is 26.2 Å². The van der Waals surface area contributed by atoms with Crippen molar-refractivity contribution in [3.05, 3.63) is 154 Å². The summed E-state index contributed by atoms with van der Waals surface area (Å²) in [5, 5.41) is 3.75. The first-order valence-electron chi connectivity index (χ1n) is 16.1. The largest absolute Gasteiger partial charge is 0.375 e. The van der Waals surface area contributed by atoms with Crippen molar-refractivity contribution in [3.63, 3.8) is 0 Å². The smallest absolute Gasteiger partial charge is 0.113 e. The number of piperidine rings is 1. The summed E-state index contributed by atoms with van der Waals surface area (Å²) in [5.74, 6) is 0. The van der Waals surface area contributed by atoms with Gasteiger partial charge in [0, 0.05) is 18.0 Å². The Kier molecular flexibility index (Phi) is 13.7. The summed E-state index contributed by atoms with van der Waals surface area (Å²) >= 11 is 0. The van der Waals surface area contributed by atoms with Gasteiger partial charge in [-0.15, -0.1) is 0 Å². The molecular weight excluding hydrogens is 576 g/mol. The Balaban J connectivity index is 1.42. The zero-order chi connectivity index (χ0) is 31.7. The highest BCUT2D eigenvalue weighted by Crippen LogP contribution is 2.29. The van der Waals surface area contributed by atoms with E-state index in [1.54, 1.807) is 0 Å². The molecule has 0 aromatic heterocycles. The quantitative estimate of drug-likeness (QED) is 0.0492. The first-order chi connectivity index (χ1) is 22.8. The Morgan fingerprint density at radius 3 is 1.61 bits per heavy atom. The highest BCUT2D eigenvalue weighted by molar-refractivity contribution is 5.16. The number of unbranched alkanes of at least 4 members (excludes halogenated alkanes) is 1. The highest BCUT2D eigenvalue weighted by Gasteiger charge is 2.46. The minimum Gasteiger partial charge on any atom is -0.375 e. The lowest BCUT2D eigenvalue weighted by atomic mass is 9.92. The van der Waals surface area contributed by atoms with E-state index in [2.05, 4.69) is 63.5 Å². The zero-order valence-corrected chi connectivity index (χ0v) is 26.3. The van der Waals surface area contributed by atoms with Crippen LogP contribution in [0.4, 0.5) is 0 Å². The lowest BCUT2D eigenvalue weighted by Crippen LogP contribution is -2.64. The normalized spacial score (nSPS) is 19.8. The molecule has 5 rings (SSSR count). The van der Waals surface area contributed by atoms with Crippen LogP contribution in [0.15, 0.2) is 126 Å². The van der Waals surface area contributed by atoms with Gasteiger partial charge in [-0.2, -0.15) is 0 Å². The van der Waals surface area contributed by atoms with E-state index in [0.29, 0.717) is 46.1 Å². The molecule has 4 atom stereocenters. The summed E-state index contributed by atoms with van der Waals surface area (Å²) in [6.45, 7) is 4.29. The SMILES string of the molecule is [N-]=[N+]=NCCCCN1C[C@H](OCc2ccccc2)[C@@H](OCc2ccccc2)[C@H](OCc2ccccc2)[C@H]1COCc1ccccc1. The van der Waals surface area contributed by atoms with Crippen molar-refractivity contribution in [3.8, 4) is 0 Å². The van der Waals surface area contributed by atoms with Gasteiger partial charge in [0.25, 0.3) is 0 Å². The molecule has 8 heteroatoms. The number of likely N-dealkylation sites (tertiary alicyclic amines) is 1. The fourth-order valence-corrected chi connectivity index (χ4v) is 5.85. The third kappa shape index (κ3) is 10.5. The summed E-state index contributed by atoms with van der Waals surface area (Å²) < 4.78 is 26.7. The van der Waals surface area contributed by atoms with E-state index in [9.17, 15) is 0 Å². The molecule has 0 unspecified atom stereocenters. The second-order valence-electron chi connectivity index (χ2n) is 11.6. The third-order valence-corrected chi connectivity index (χ3v) is 8.25. The molecule has 0 spiro atoms. The minimum absolute atomic E-state index is 0.0794. The van der Waals surface area contributed by atoms with Crippen LogP contribution in [0.5, 0.6) is 0 Å². The van der Waals surface area contributed by atoms with Crippen LogP contribution < -0.4 is 0 Å². The molecule has 240 valence electrons. The van der Waals surface area contributed by atoms with Gasteiger partial charge in [-0.05, 0) is 47.2 Å². The van der Waals surface area contributed by atoms with Crippen molar-refractivity contribution < 1.29 is 18.9 Å². The number of rotatable bonds is 18. The molecule has 8 nitrogen and oxygen atoms in total. The van der Waals surface area contributed by atoms with Crippen LogP contribution in [0, 0.1) is 0 Å². The molecule has 1 heterocycles. The van der Waals surface area contributed by atoms with Gasteiger partial charge in [-0.25, -0.2) is 0 Å². The average molecular weight is 621 g/mol. The molecule has 0 aliphatic carbocycles. The molecule has 1 aliphatic heterocycles. The maximum Gasteiger partial charge on any atom is 0.113 e. The molecule has 46 heavy (non-hydrogen) atoms. The zero-order valence-electron chi connectivity index (χ0n) is 26.3. The molecule has 0 bridgehead atoms. The molecule has 4 aromatic carbocycles. The van der Waals surface area contributed by atoms with Crippen molar-refractivity contribution in [1.82, 2.24) is 4.90 Å². The number of benzene rings is 4. The summed E-state index contributed by atoms with van der Waals surface area (Å²) in [5.41, 5.74) is 13.2. The lowest BCUT2D eigenvalue weighted by Gasteiger charge is -2.48. The molecule has 4 aromatic rings. The third-order valence-electron chi connectivity index (χ3n) is 8.25. The van der Waals surface area contributed by atoms with Gasteiger partial charge in [0.2, 0.25) is 0 Å². The molecule has 0 radical (unpaired) electrons. The number of hydrogen-bond acceptors (Lipinski definition) is 6. The van der Waals surface area contributed by atoms with Crippen LogP contribution in [0.1, 0.15) is 35.1 Å². The standard InChI is InChI=1S/C38H44N4O4/c39-41-40-23-13-14-24-42-25-36(44-27-32-17-7-2-8-18-32)38(46-29-34-21-11-4-12-22-34)37(45-28-33-19-9-3-10-20-33)35(42)30-43-26-31-15-5-1-6-16-31/h1-12,15-22,35-38H,13-14,23-30H2/t35-,36+,37-,38-/m1/s1. The summed E-state index contributed by atoms with van der Waals surface area (Å²) in [4.78, 5) is 5.35. The average Bonchev–Trinajstić information content (AvgIpc) is 3.11. The fraction of sp³-hybridized carbons (Fsp3) is 0.368. The van der Waals surface area contributed by atoms with Gasteiger partial charge in [0.15, 0.2) is 0 Å². The van der Waals surface area contributed by atoms with Crippen LogP contribution in [0.3, 0.4) is 0 Å². The predicted octanol–water partition coefficient (Wildman–Crippen LogP) is 7.73. The van der Waals surface area contributed by atoms with E-state index in [0.717, 1.165) is 41.6 Å². The van der Waals surface area contributed by atoms with Crippen molar-refractivity contribution in [2.24, 2.45) is 5.11 Å². The minimum atomic E-state index is -0.336. The van der Waals surface area contributed by atoms with E-state index in [1.165, 1.54) is 0 Å². The van der Waals surface area contributed by atoms with E-state index < -0.39 is 0 Å². The van der Waals surface area contributed by atoms with Gasteiger partial charge in [0.05, 0.1) is 45.2 Å². The Morgan fingerprint density at radius 1 is 0.609 bits per heavy atom. The van der Waals surface area contributed by atoms with Crippen LogP contribution in [-0.4, -0.2) is 55.5 Å². The second-order valence-corrected chi connectivity index (χ2v) is 11.6. The number of hydrogen-bond donors (Lipinski definition) is 0. The van der Waals surface area contributed by atoms with Crippen LogP contribution in [0.2, 0.25) is 0 Å². The van der Waals surface area contributed by atoms with E-state index in [4.69, 9.17) is 24.5 Å². The summed E-state index contributed by atoms with van der Waals surface area (Å²) in [6, 6.07) is 40.9. The molecule has 1 aliphatic rings. The maximum absolute atomic E-state index is 8.77. The Hall–Kier alpha value is -4.01. The van der Waals surface area contributed by atoms with E-state index >= 15 is 0 Å². The van der Waals surface area contributed by atoms with Crippen LogP contribution in [0.25, 0.3) is 10.4 Å². The summed E-state index contributed by atoms with van der Waals surface area (Å²) in [6.07, 6.45) is 0.772. The summed E-state index contributed by atoms with van der Waals surface area (Å²) in [7, 11) is 0. The molecule has 1 fully saturated rings. The molecule has 1 saturated heterocycles. The first kappa shape index (κ1) is 33.4. The van der Waals surface area contributed by atoms with Crippen molar-refractivity contribution >= 4 is 0 Å². The Labute approximate surface area is 272 Å². The number of nitrogens with zero attached hydrogens (tertiary/aromatic N) is 4. The van der Waals surface area contributed by atoms with Crippen LogP contribution in [-0.2, 0) is 45.4 Å². The number of azide groups is 1. The monoisotopic (exact) mass is 620 g/mol. The molecule has 0 saturated carbocycles. The van der Waals surface area contributed by atoms with E-state index in [1.807, 2.05) is 72.8 Å². The molecule has 0 amide bonds. The van der Waals surface area contributed by atoms with Gasteiger partial charge < -0.3 is 18.9 Å². The van der Waals surface area contributed by atoms with E-state index in [-0.39, 0.29) is 24.4 Å². The second kappa shape index (κ2) is 18.8. The van der Waals surface area contributed by atoms with Gasteiger partial charge >= 0.3 is 0 Å². The van der Waals surface area contributed by atoms with Crippen LogP contribution >= 0.6 is 0 Å². The lowest BCUT2D eigenvalue weighted by molar-refractivity contribution is -0.210. The fourth-order valence-electron chi connectivity index (χ4n) is 5.85. The first-order valence-corrected chi connectivity index (χ1v) is 16.1. The van der Waals surface area contributed by atoms with Gasteiger partial charge in [-0.1, -0.05) is 126 Å². The highest BCUT2D eigenvalue weighted by atomic mass is 16.6. The van der Waals surface area contributed by atoms with Gasteiger partial charge in [-0.3, -0.25) is 4.90 Å². The predicted molar refractivity (Wildman–Crippen MR) is 180 cm³/mol. The topological polar surface area (TPSA) is 88.9 Å². The van der Waals surface area contributed by atoms with Crippen molar-refractivity contribution in [2.45, 2.75) is 63.6 Å². The maximum atomic E-state index is 8.77. The van der Waals surface area contributed by atoms with Gasteiger partial charge in [0.1, 0.15) is 12.2 Å². The van der Waals surface area contributed by atoms with Crippen molar-refractivity contribution in [1.29, 1.82) is 0 Å². The molecule has 0 N–H and O–H groups in total. The number of ether oxygens (including phenoxy) is 4. The Bertz CT molecular complexity index is 1440.